The Morgan fingerprint density at radius 3 is 2.40 bits per heavy atom. The number of carbonyl (C=O) groups is 1. The van der Waals surface area contributed by atoms with Crippen molar-refractivity contribution < 1.29 is 4.79 Å². The van der Waals surface area contributed by atoms with Crippen molar-refractivity contribution in [3.8, 4) is 0 Å². The van der Waals surface area contributed by atoms with Crippen LogP contribution in [0.4, 0.5) is 5.69 Å². The number of likely N-dealkylation sites (N-methyl/N-ethyl adjacent to an activating group) is 1. The quantitative estimate of drug-likeness (QED) is 0.747. The third-order valence-electron chi connectivity index (χ3n) is 2.32. The van der Waals surface area contributed by atoms with Gasteiger partial charge in [-0.1, -0.05) is 12.1 Å². The Hall–Kier alpha value is -1.55. The van der Waals surface area contributed by atoms with Crippen molar-refractivity contribution in [2.24, 2.45) is 5.18 Å². The van der Waals surface area contributed by atoms with E-state index >= 15 is 0 Å². The number of nitroso groups, excluding NO2 is 1. The van der Waals surface area contributed by atoms with E-state index in [2.05, 4.69) is 10.5 Å². The Bertz CT molecular complexity index is 346. The molecular formula is C11H14N2O2. The van der Waals surface area contributed by atoms with Crippen LogP contribution in [0.3, 0.4) is 0 Å². The summed E-state index contributed by atoms with van der Waals surface area (Å²) in [7, 11) is 1.76. The van der Waals surface area contributed by atoms with Gasteiger partial charge in [-0.2, -0.15) is 0 Å². The summed E-state index contributed by atoms with van der Waals surface area (Å²) in [4.78, 5) is 21.4. The van der Waals surface area contributed by atoms with E-state index < -0.39 is 0 Å². The van der Waals surface area contributed by atoms with E-state index in [0.29, 0.717) is 12.1 Å². The minimum Gasteiger partial charge on any atom is -0.310 e. The molecule has 4 heteroatoms. The van der Waals surface area contributed by atoms with Crippen LogP contribution in [0.5, 0.6) is 0 Å². The molecule has 0 fully saturated rings. The van der Waals surface area contributed by atoms with Crippen LogP contribution >= 0.6 is 0 Å². The number of Topliss-reactive ketones (excluding diaryl/α,β-unsaturated/α-hetero) is 1. The Labute approximate surface area is 88.7 Å². The van der Waals surface area contributed by atoms with Gasteiger partial charge in [-0.3, -0.25) is 4.79 Å². The molecule has 0 aliphatic rings. The van der Waals surface area contributed by atoms with E-state index in [4.69, 9.17) is 0 Å². The average molecular weight is 206 g/mol. The molecule has 0 unspecified atom stereocenters. The number of hydrogen-bond donors (Lipinski definition) is 1. The minimum atomic E-state index is -0.167. The van der Waals surface area contributed by atoms with E-state index in [1.807, 2.05) is 12.1 Å². The summed E-state index contributed by atoms with van der Waals surface area (Å²) < 4.78 is 0. The normalized spacial score (nSPS) is 12.1. The van der Waals surface area contributed by atoms with Gasteiger partial charge in [0.15, 0.2) is 0 Å². The third-order valence-corrected chi connectivity index (χ3v) is 2.32. The molecule has 1 aromatic rings. The van der Waals surface area contributed by atoms with E-state index in [9.17, 15) is 9.70 Å². The average Bonchev–Trinajstić information content (AvgIpc) is 2.26. The molecular weight excluding hydrogens is 192 g/mol. The third kappa shape index (κ3) is 3.25. The zero-order valence-electron chi connectivity index (χ0n) is 8.86. The second-order valence-electron chi connectivity index (χ2n) is 3.41. The summed E-state index contributed by atoms with van der Waals surface area (Å²) in [5, 5.41) is 5.76. The maximum atomic E-state index is 11.2. The lowest BCUT2D eigenvalue weighted by molar-refractivity contribution is -0.118. The summed E-state index contributed by atoms with van der Waals surface area (Å²) in [5.41, 5.74) is 1.42. The first-order valence-electron chi connectivity index (χ1n) is 4.77. The Morgan fingerprint density at radius 1 is 1.40 bits per heavy atom. The monoisotopic (exact) mass is 206 g/mol. The Morgan fingerprint density at radius 2 is 2.00 bits per heavy atom. The van der Waals surface area contributed by atoms with Gasteiger partial charge < -0.3 is 5.32 Å². The molecule has 80 valence electrons. The molecule has 1 N–H and O–H groups in total. The van der Waals surface area contributed by atoms with Gasteiger partial charge in [0.05, 0.1) is 6.04 Å². The molecule has 0 aromatic heterocycles. The molecule has 1 aromatic carbocycles. The molecule has 0 amide bonds. The lowest BCUT2D eigenvalue weighted by Crippen LogP contribution is -2.34. The van der Waals surface area contributed by atoms with Crippen molar-refractivity contribution in [3.05, 3.63) is 34.7 Å². The Balaban J connectivity index is 2.71. The van der Waals surface area contributed by atoms with E-state index in [-0.39, 0.29) is 11.8 Å². The number of hydrogen-bond acceptors (Lipinski definition) is 4. The highest BCUT2D eigenvalue weighted by Gasteiger charge is 2.11. The van der Waals surface area contributed by atoms with Gasteiger partial charge in [0.1, 0.15) is 11.5 Å². The summed E-state index contributed by atoms with van der Waals surface area (Å²) in [6, 6.07) is 6.75. The molecule has 4 nitrogen and oxygen atoms in total. The van der Waals surface area contributed by atoms with Crippen molar-refractivity contribution in [1.82, 2.24) is 5.32 Å². The highest BCUT2D eigenvalue weighted by molar-refractivity contribution is 5.81. The van der Waals surface area contributed by atoms with Gasteiger partial charge in [0.25, 0.3) is 0 Å². The first-order chi connectivity index (χ1) is 7.17. The van der Waals surface area contributed by atoms with Gasteiger partial charge in [0.2, 0.25) is 0 Å². The topological polar surface area (TPSA) is 58.5 Å². The van der Waals surface area contributed by atoms with Crippen LogP contribution in [0.25, 0.3) is 0 Å². The molecule has 0 bridgehead atoms. The van der Waals surface area contributed by atoms with Crippen LogP contribution in [0, 0.1) is 4.91 Å². The number of rotatable bonds is 5. The molecule has 1 atom stereocenters. The van der Waals surface area contributed by atoms with Gasteiger partial charge >= 0.3 is 0 Å². The molecule has 0 radical (unpaired) electrons. The minimum absolute atomic E-state index is 0.107. The number of nitrogens with zero attached hydrogens (tertiary/aromatic N) is 1. The maximum absolute atomic E-state index is 11.2. The second-order valence-corrected chi connectivity index (χ2v) is 3.41. The molecule has 0 spiro atoms. The van der Waals surface area contributed by atoms with E-state index in [0.717, 1.165) is 5.56 Å². The number of ketones is 1. The largest absolute Gasteiger partial charge is 0.310 e. The summed E-state index contributed by atoms with van der Waals surface area (Å²) in [6.45, 7) is 1.56. The molecule has 15 heavy (non-hydrogen) atoms. The smallest absolute Gasteiger partial charge is 0.147 e. The fourth-order valence-electron chi connectivity index (χ4n) is 1.38. The number of carbonyl (C=O) groups excluding carboxylic acids is 1. The molecule has 0 saturated carbocycles. The standard InChI is InChI=1S/C11H14N2O2/c1-8(14)11(12-2)7-9-3-5-10(13-15)6-4-9/h3-6,11-12H,7H2,1-2H3/t11-/m1/s1. The first-order valence-corrected chi connectivity index (χ1v) is 4.77. The zero-order valence-corrected chi connectivity index (χ0v) is 8.86. The first kappa shape index (κ1) is 11.5. The van der Waals surface area contributed by atoms with Gasteiger partial charge in [0, 0.05) is 0 Å². The van der Waals surface area contributed by atoms with E-state index in [1.165, 1.54) is 0 Å². The molecule has 0 saturated heterocycles. The van der Waals surface area contributed by atoms with Crippen LogP contribution in [-0.2, 0) is 11.2 Å². The molecule has 1 rings (SSSR count). The van der Waals surface area contributed by atoms with Crippen molar-refractivity contribution in [1.29, 1.82) is 0 Å². The molecule has 0 heterocycles. The second kappa shape index (κ2) is 5.36. The lowest BCUT2D eigenvalue weighted by atomic mass is 10.0. The van der Waals surface area contributed by atoms with Crippen LogP contribution in [0.1, 0.15) is 12.5 Å². The Kier molecular flexibility index (Phi) is 4.12. The highest BCUT2D eigenvalue weighted by atomic mass is 16.3. The number of nitrogens with one attached hydrogen (secondary N) is 1. The zero-order chi connectivity index (χ0) is 11.3. The fourth-order valence-corrected chi connectivity index (χ4v) is 1.38. The van der Waals surface area contributed by atoms with E-state index in [1.54, 1.807) is 26.1 Å². The van der Waals surface area contributed by atoms with Gasteiger partial charge in [-0.05, 0) is 43.3 Å². The predicted molar refractivity (Wildman–Crippen MR) is 59.1 cm³/mol. The van der Waals surface area contributed by atoms with Crippen LogP contribution in [-0.4, -0.2) is 18.9 Å². The molecule has 0 aliphatic heterocycles. The highest BCUT2D eigenvalue weighted by Crippen LogP contribution is 2.13. The van der Waals surface area contributed by atoms with Gasteiger partial charge in [-0.15, -0.1) is 4.91 Å². The summed E-state index contributed by atoms with van der Waals surface area (Å²) in [5.74, 6) is 0.107. The van der Waals surface area contributed by atoms with Crippen LogP contribution in [0.2, 0.25) is 0 Å². The SMILES string of the molecule is CN[C@H](Cc1ccc(N=O)cc1)C(C)=O. The van der Waals surface area contributed by atoms with Crippen LogP contribution < -0.4 is 5.32 Å². The van der Waals surface area contributed by atoms with Crippen molar-refractivity contribution in [2.75, 3.05) is 7.05 Å². The van der Waals surface area contributed by atoms with Crippen LogP contribution in [0.15, 0.2) is 29.4 Å². The van der Waals surface area contributed by atoms with Crippen molar-refractivity contribution in [3.63, 3.8) is 0 Å². The predicted octanol–water partition coefficient (Wildman–Crippen LogP) is 1.80. The van der Waals surface area contributed by atoms with Crippen molar-refractivity contribution >= 4 is 11.5 Å². The lowest BCUT2D eigenvalue weighted by Gasteiger charge is -2.12. The van der Waals surface area contributed by atoms with Crippen molar-refractivity contribution in [2.45, 2.75) is 19.4 Å². The summed E-state index contributed by atoms with van der Waals surface area (Å²) >= 11 is 0. The summed E-state index contributed by atoms with van der Waals surface area (Å²) in [6.07, 6.45) is 0.630. The maximum Gasteiger partial charge on any atom is 0.147 e. The van der Waals surface area contributed by atoms with Gasteiger partial charge in [-0.25, -0.2) is 0 Å². The molecule has 0 aliphatic carbocycles. The fraction of sp³-hybridized carbons (Fsp3) is 0.364. The number of benzene rings is 1.